The Balaban J connectivity index is 2.55. The number of hydrogen-bond donors (Lipinski definition) is 1. The van der Waals surface area contributed by atoms with Crippen LogP contribution in [0, 0.1) is 5.92 Å². The summed E-state index contributed by atoms with van der Waals surface area (Å²) in [6, 6.07) is 0. The van der Waals surface area contributed by atoms with Gasteiger partial charge in [-0.3, -0.25) is 0 Å². The van der Waals surface area contributed by atoms with E-state index >= 15 is 0 Å². The number of sulfone groups is 1. The first kappa shape index (κ1) is 8.01. The number of hydrogen-bond acceptors (Lipinski definition) is 3. The van der Waals surface area contributed by atoms with Gasteiger partial charge in [0.25, 0.3) is 0 Å². The molecular formula is C6H13NO2S. The van der Waals surface area contributed by atoms with E-state index in [-0.39, 0.29) is 16.9 Å². The van der Waals surface area contributed by atoms with Crippen LogP contribution in [0.1, 0.15) is 13.3 Å². The minimum Gasteiger partial charge on any atom is -0.330 e. The maximum Gasteiger partial charge on any atom is 0.153 e. The van der Waals surface area contributed by atoms with Gasteiger partial charge in [-0.2, -0.15) is 0 Å². The molecule has 0 amide bonds. The van der Waals surface area contributed by atoms with E-state index in [1.165, 1.54) is 0 Å². The highest BCUT2D eigenvalue weighted by molar-refractivity contribution is 7.92. The van der Waals surface area contributed by atoms with Crippen molar-refractivity contribution in [1.29, 1.82) is 0 Å². The van der Waals surface area contributed by atoms with E-state index in [2.05, 4.69) is 0 Å². The third kappa shape index (κ3) is 1.32. The van der Waals surface area contributed by atoms with Crippen molar-refractivity contribution in [2.24, 2.45) is 11.7 Å². The normalized spacial score (nSPS) is 32.2. The predicted octanol–water partition coefficient (Wildman–Crippen LogP) is -0.232. The minimum atomic E-state index is -2.77. The molecule has 60 valence electrons. The fraction of sp³-hybridized carbons (Fsp3) is 1.00. The van der Waals surface area contributed by atoms with Gasteiger partial charge < -0.3 is 5.73 Å². The third-order valence-electron chi connectivity index (χ3n) is 2.02. The molecule has 0 aliphatic heterocycles. The van der Waals surface area contributed by atoms with E-state index in [9.17, 15) is 8.42 Å². The summed E-state index contributed by atoms with van der Waals surface area (Å²) in [4.78, 5) is 0. The van der Waals surface area contributed by atoms with Crippen molar-refractivity contribution in [2.75, 3.05) is 12.3 Å². The van der Waals surface area contributed by atoms with Crippen LogP contribution < -0.4 is 5.73 Å². The maximum atomic E-state index is 11.1. The zero-order valence-corrected chi connectivity index (χ0v) is 6.89. The summed E-state index contributed by atoms with van der Waals surface area (Å²) in [5, 5.41) is -0.109. The van der Waals surface area contributed by atoms with Gasteiger partial charge in [0, 0.05) is 5.75 Å². The van der Waals surface area contributed by atoms with Gasteiger partial charge >= 0.3 is 0 Å². The molecule has 4 heteroatoms. The Hall–Kier alpha value is -0.0900. The van der Waals surface area contributed by atoms with Crippen LogP contribution in [-0.4, -0.2) is 26.0 Å². The first-order valence-electron chi connectivity index (χ1n) is 3.53. The van der Waals surface area contributed by atoms with Crippen molar-refractivity contribution in [3.05, 3.63) is 0 Å². The lowest BCUT2D eigenvalue weighted by molar-refractivity contribution is 0.593. The van der Waals surface area contributed by atoms with Crippen LogP contribution in [-0.2, 0) is 9.84 Å². The molecule has 0 heterocycles. The van der Waals surface area contributed by atoms with Gasteiger partial charge in [0.2, 0.25) is 0 Å². The van der Waals surface area contributed by atoms with Crippen LogP contribution in [0.3, 0.4) is 0 Å². The number of nitrogens with two attached hydrogens (primary N) is 1. The molecule has 10 heavy (non-hydrogen) atoms. The first-order valence-corrected chi connectivity index (χ1v) is 5.25. The van der Waals surface area contributed by atoms with E-state index in [1.54, 1.807) is 6.92 Å². The summed E-state index contributed by atoms with van der Waals surface area (Å²) >= 11 is 0. The highest BCUT2D eigenvalue weighted by atomic mass is 32.2. The fourth-order valence-electron chi connectivity index (χ4n) is 1.12. The Kier molecular flexibility index (Phi) is 2.01. The van der Waals surface area contributed by atoms with Gasteiger partial charge in [-0.25, -0.2) is 8.42 Å². The monoisotopic (exact) mass is 163 g/mol. The molecule has 2 atom stereocenters. The quantitative estimate of drug-likeness (QED) is 0.625. The van der Waals surface area contributed by atoms with Crippen LogP contribution in [0.25, 0.3) is 0 Å². The average Bonchev–Trinajstić information content (AvgIpc) is 2.66. The summed E-state index contributed by atoms with van der Waals surface area (Å²) in [5.74, 6) is 0.513. The summed E-state index contributed by atoms with van der Waals surface area (Å²) in [6.45, 7) is 2.20. The van der Waals surface area contributed by atoms with Crippen LogP contribution in [0.5, 0.6) is 0 Å². The summed E-state index contributed by atoms with van der Waals surface area (Å²) in [7, 11) is -2.77. The maximum absolute atomic E-state index is 11.1. The highest BCUT2D eigenvalue weighted by Crippen LogP contribution is 2.36. The molecule has 0 bridgehead atoms. The third-order valence-corrected chi connectivity index (χ3v) is 4.33. The van der Waals surface area contributed by atoms with Crippen molar-refractivity contribution >= 4 is 9.84 Å². The molecule has 1 saturated carbocycles. The van der Waals surface area contributed by atoms with Gasteiger partial charge in [0.15, 0.2) is 9.84 Å². The summed E-state index contributed by atoms with van der Waals surface area (Å²) in [5.41, 5.74) is 5.31. The Morgan fingerprint density at radius 2 is 2.20 bits per heavy atom. The van der Waals surface area contributed by atoms with E-state index in [0.29, 0.717) is 6.54 Å². The lowest BCUT2D eigenvalue weighted by Crippen LogP contribution is -2.14. The smallest absolute Gasteiger partial charge is 0.153 e. The van der Waals surface area contributed by atoms with Crippen LogP contribution in [0.2, 0.25) is 0 Å². The molecule has 1 fully saturated rings. The lowest BCUT2D eigenvalue weighted by Gasteiger charge is -1.96. The largest absolute Gasteiger partial charge is 0.330 e. The fourth-order valence-corrected chi connectivity index (χ4v) is 2.79. The SMILES string of the molecule is CCS(=O)(=O)[C@H]1C[C@@H]1CN. The Morgan fingerprint density at radius 3 is 2.50 bits per heavy atom. The van der Waals surface area contributed by atoms with Crippen molar-refractivity contribution in [3.63, 3.8) is 0 Å². The van der Waals surface area contributed by atoms with Crippen molar-refractivity contribution in [3.8, 4) is 0 Å². The first-order chi connectivity index (χ1) is 4.61. The molecule has 1 rings (SSSR count). The molecule has 0 saturated heterocycles. The second-order valence-electron chi connectivity index (χ2n) is 2.72. The molecule has 0 aromatic rings. The summed E-state index contributed by atoms with van der Waals surface area (Å²) in [6.07, 6.45) is 0.784. The molecule has 2 N–H and O–H groups in total. The van der Waals surface area contributed by atoms with Gasteiger partial charge in [0.1, 0.15) is 0 Å². The molecule has 0 aromatic carbocycles. The lowest BCUT2D eigenvalue weighted by atomic mass is 10.4. The van der Waals surface area contributed by atoms with Gasteiger partial charge in [-0.15, -0.1) is 0 Å². The van der Waals surface area contributed by atoms with Gasteiger partial charge in [-0.1, -0.05) is 6.92 Å². The topological polar surface area (TPSA) is 60.2 Å². The van der Waals surface area contributed by atoms with Crippen molar-refractivity contribution < 1.29 is 8.42 Å². The molecule has 0 unspecified atom stereocenters. The van der Waals surface area contributed by atoms with E-state index in [4.69, 9.17) is 5.73 Å². The van der Waals surface area contributed by atoms with Gasteiger partial charge in [0.05, 0.1) is 5.25 Å². The zero-order valence-electron chi connectivity index (χ0n) is 6.08. The molecule has 0 radical (unpaired) electrons. The number of rotatable bonds is 3. The Morgan fingerprint density at radius 1 is 1.60 bits per heavy atom. The molecule has 0 spiro atoms. The van der Waals surface area contributed by atoms with Crippen molar-refractivity contribution in [1.82, 2.24) is 0 Å². The molecule has 0 aromatic heterocycles. The summed E-state index contributed by atoms with van der Waals surface area (Å²) < 4.78 is 22.2. The van der Waals surface area contributed by atoms with Crippen LogP contribution in [0.4, 0.5) is 0 Å². The predicted molar refractivity (Wildman–Crippen MR) is 40.4 cm³/mol. The molecule has 1 aliphatic carbocycles. The van der Waals surface area contributed by atoms with Crippen LogP contribution in [0.15, 0.2) is 0 Å². The minimum absolute atomic E-state index is 0.109. The highest BCUT2D eigenvalue weighted by Gasteiger charge is 2.44. The average molecular weight is 163 g/mol. The molecular weight excluding hydrogens is 150 g/mol. The van der Waals surface area contributed by atoms with E-state index in [0.717, 1.165) is 6.42 Å². The van der Waals surface area contributed by atoms with E-state index < -0.39 is 9.84 Å². The van der Waals surface area contributed by atoms with Crippen molar-refractivity contribution in [2.45, 2.75) is 18.6 Å². The second-order valence-corrected chi connectivity index (χ2v) is 5.23. The molecule has 1 aliphatic rings. The second kappa shape index (κ2) is 2.51. The Bertz CT molecular complexity index is 210. The zero-order chi connectivity index (χ0) is 7.78. The van der Waals surface area contributed by atoms with Gasteiger partial charge in [-0.05, 0) is 18.9 Å². The molecule has 3 nitrogen and oxygen atoms in total. The van der Waals surface area contributed by atoms with Crippen LogP contribution >= 0.6 is 0 Å². The van der Waals surface area contributed by atoms with E-state index in [1.807, 2.05) is 0 Å². The Labute approximate surface area is 61.5 Å². The standard InChI is InChI=1S/C6H13NO2S/c1-2-10(8,9)6-3-5(6)4-7/h5-6H,2-4,7H2,1H3/t5-,6+/m1/s1.